The fraction of sp³-hybridized carbons (Fsp3) is 0.381. The average molecular weight is 338 g/mol. The molecule has 1 saturated heterocycles. The van der Waals surface area contributed by atoms with Gasteiger partial charge in [-0.1, -0.05) is 42.5 Å². The molecule has 0 bridgehead atoms. The Bertz CT molecular complexity index is 730. The van der Waals surface area contributed by atoms with Crippen LogP contribution in [0.3, 0.4) is 0 Å². The summed E-state index contributed by atoms with van der Waals surface area (Å²) in [5, 5.41) is 13.2. The molecule has 2 unspecified atom stereocenters. The van der Waals surface area contributed by atoms with Crippen LogP contribution in [0.15, 0.2) is 48.5 Å². The summed E-state index contributed by atoms with van der Waals surface area (Å²) in [6.45, 7) is 5.36. The number of β-amino-alcohol motifs (C(OH)–C–C–N with tert-alkyl or cyclic N) is 1. The summed E-state index contributed by atoms with van der Waals surface area (Å²) in [4.78, 5) is 15.2. The number of hydrogen-bond donors (Lipinski definition) is 2. The third-order valence-corrected chi connectivity index (χ3v) is 4.81. The van der Waals surface area contributed by atoms with Crippen molar-refractivity contribution in [2.75, 3.05) is 18.4 Å². The number of carbonyl (C=O) groups is 1. The number of aliphatic hydroxyl groups is 1. The first-order valence-electron chi connectivity index (χ1n) is 8.90. The number of hydrogen-bond acceptors (Lipinski definition) is 3. The van der Waals surface area contributed by atoms with Crippen LogP contribution < -0.4 is 5.32 Å². The zero-order valence-corrected chi connectivity index (χ0v) is 14.9. The maximum Gasteiger partial charge on any atom is 0.246 e. The summed E-state index contributed by atoms with van der Waals surface area (Å²) in [7, 11) is 0. The van der Waals surface area contributed by atoms with Crippen LogP contribution in [0.25, 0.3) is 0 Å². The molecule has 0 radical (unpaired) electrons. The van der Waals surface area contributed by atoms with Gasteiger partial charge in [-0.25, -0.2) is 0 Å². The molecular weight excluding hydrogens is 312 g/mol. The van der Waals surface area contributed by atoms with Crippen LogP contribution in [-0.4, -0.2) is 35.1 Å². The molecule has 4 nitrogen and oxygen atoms in total. The SMILES string of the molecule is Cc1ccc(C)c(NC(=O)C(c2ccccc2)N2CCCC(O)C2)c1. The Morgan fingerprint density at radius 2 is 1.96 bits per heavy atom. The predicted octanol–water partition coefficient (Wildman–Crippen LogP) is 3.44. The molecule has 2 N–H and O–H groups in total. The lowest BCUT2D eigenvalue weighted by atomic mass is 9.99. The summed E-state index contributed by atoms with van der Waals surface area (Å²) in [5.74, 6) is -0.0472. The van der Waals surface area contributed by atoms with E-state index in [1.54, 1.807) is 0 Å². The topological polar surface area (TPSA) is 52.6 Å². The van der Waals surface area contributed by atoms with Crippen LogP contribution >= 0.6 is 0 Å². The van der Waals surface area contributed by atoms with E-state index in [4.69, 9.17) is 0 Å². The minimum Gasteiger partial charge on any atom is -0.392 e. The van der Waals surface area contributed by atoms with Crippen molar-refractivity contribution in [3.63, 3.8) is 0 Å². The number of nitrogens with one attached hydrogen (secondary N) is 1. The molecule has 2 atom stereocenters. The van der Waals surface area contributed by atoms with E-state index in [1.165, 1.54) is 0 Å². The lowest BCUT2D eigenvalue weighted by molar-refractivity contribution is -0.122. The van der Waals surface area contributed by atoms with E-state index in [0.717, 1.165) is 41.8 Å². The van der Waals surface area contributed by atoms with Crippen LogP contribution in [-0.2, 0) is 4.79 Å². The molecule has 2 aromatic carbocycles. The van der Waals surface area contributed by atoms with Crippen molar-refractivity contribution < 1.29 is 9.90 Å². The van der Waals surface area contributed by atoms with Gasteiger partial charge in [-0.3, -0.25) is 9.69 Å². The number of anilines is 1. The van der Waals surface area contributed by atoms with Crippen molar-refractivity contribution in [3.05, 3.63) is 65.2 Å². The molecule has 0 saturated carbocycles. The Kier molecular flexibility index (Phi) is 5.51. The maximum atomic E-state index is 13.1. The van der Waals surface area contributed by atoms with Gasteiger partial charge in [0.25, 0.3) is 0 Å². The van der Waals surface area contributed by atoms with Crippen LogP contribution in [0.2, 0.25) is 0 Å². The first-order chi connectivity index (χ1) is 12.0. The van der Waals surface area contributed by atoms with Crippen molar-refractivity contribution in [2.24, 2.45) is 0 Å². The van der Waals surface area contributed by atoms with E-state index in [2.05, 4.69) is 10.2 Å². The second-order valence-corrected chi connectivity index (χ2v) is 6.91. The number of nitrogens with zero attached hydrogens (tertiary/aromatic N) is 1. The van der Waals surface area contributed by atoms with Gasteiger partial charge in [-0.2, -0.15) is 0 Å². The molecule has 1 amide bonds. The van der Waals surface area contributed by atoms with Crippen molar-refractivity contribution in [1.29, 1.82) is 0 Å². The lowest BCUT2D eigenvalue weighted by Crippen LogP contribution is -2.45. The number of likely N-dealkylation sites (tertiary alicyclic amines) is 1. The van der Waals surface area contributed by atoms with Gasteiger partial charge in [-0.05, 0) is 56.0 Å². The molecule has 132 valence electrons. The Labute approximate surface area is 149 Å². The second-order valence-electron chi connectivity index (χ2n) is 6.91. The van der Waals surface area contributed by atoms with Crippen LogP contribution in [0.1, 0.15) is 35.6 Å². The Hall–Kier alpha value is -2.17. The van der Waals surface area contributed by atoms with Crippen LogP contribution in [0.4, 0.5) is 5.69 Å². The van der Waals surface area contributed by atoms with Gasteiger partial charge in [0.2, 0.25) is 5.91 Å². The second kappa shape index (κ2) is 7.81. The van der Waals surface area contributed by atoms with Gasteiger partial charge < -0.3 is 10.4 Å². The number of aryl methyl sites for hydroxylation is 2. The predicted molar refractivity (Wildman–Crippen MR) is 101 cm³/mol. The first kappa shape index (κ1) is 17.6. The number of amides is 1. The molecule has 0 aromatic heterocycles. The quantitative estimate of drug-likeness (QED) is 0.898. The summed E-state index contributed by atoms with van der Waals surface area (Å²) in [5.41, 5.74) is 3.97. The van der Waals surface area contributed by atoms with Crippen molar-refractivity contribution >= 4 is 11.6 Å². The van der Waals surface area contributed by atoms with E-state index >= 15 is 0 Å². The fourth-order valence-corrected chi connectivity index (χ4v) is 3.45. The molecule has 1 aliphatic heterocycles. The van der Waals surface area contributed by atoms with Crippen molar-refractivity contribution in [1.82, 2.24) is 4.90 Å². The zero-order chi connectivity index (χ0) is 17.8. The normalized spacial score (nSPS) is 19.4. The highest BCUT2D eigenvalue weighted by atomic mass is 16.3. The van der Waals surface area contributed by atoms with Crippen LogP contribution in [0, 0.1) is 13.8 Å². The molecule has 1 fully saturated rings. The summed E-state index contributed by atoms with van der Waals surface area (Å²) >= 11 is 0. The Morgan fingerprint density at radius 1 is 1.20 bits per heavy atom. The van der Waals surface area contributed by atoms with E-state index in [9.17, 15) is 9.90 Å². The highest BCUT2D eigenvalue weighted by Gasteiger charge is 2.31. The molecule has 0 aliphatic carbocycles. The number of rotatable bonds is 4. The van der Waals surface area contributed by atoms with E-state index < -0.39 is 6.04 Å². The summed E-state index contributed by atoms with van der Waals surface area (Å²) < 4.78 is 0. The minimum absolute atomic E-state index is 0.0472. The molecule has 2 aromatic rings. The third-order valence-electron chi connectivity index (χ3n) is 4.81. The molecule has 25 heavy (non-hydrogen) atoms. The largest absolute Gasteiger partial charge is 0.392 e. The van der Waals surface area contributed by atoms with Crippen molar-refractivity contribution in [2.45, 2.75) is 38.8 Å². The number of carbonyl (C=O) groups excluding carboxylic acids is 1. The zero-order valence-electron chi connectivity index (χ0n) is 14.9. The smallest absolute Gasteiger partial charge is 0.246 e. The monoisotopic (exact) mass is 338 g/mol. The third kappa shape index (κ3) is 4.27. The number of aliphatic hydroxyl groups excluding tert-OH is 1. The van der Waals surface area contributed by atoms with E-state index in [1.807, 2.05) is 62.4 Å². The van der Waals surface area contributed by atoms with E-state index in [-0.39, 0.29) is 12.0 Å². The molecule has 1 heterocycles. The van der Waals surface area contributed by atoms with Gasteiger partial charge in [-0.15, -0.1) is 0 Å². The molecule has 1 aliphatic rings. The minimum atomic E-state index is -0.393. The fourth-order valence-electron chi connectivity index (χ4n) is 3.45. The van der Waals surface area contributed by atoms with Gasteiger partial charge in [0.05, 0.1) is 6.10 Å². The number of benzene rings is 2. The standard InChI is InChI=1S/C21H26N2O2/c1-15-10-11-16(2)19(13-15)22-21(25)20(17-7-4-3-5-8-17)23-12-6-9-18(24)14-23/h3-5,7-8,10-11,13,18,20,24H,6,9,12,14H2,1-2H3,(H,22,25). The maximum absolute atomic E-state index is 13.1. The van der Waals surface area contributed by atoms with Crippen LogP contribution in [0.5, 0.6) is 0 Å². The van der Waals surface area contributed by atoms with Gasteiger partial charge in [0, 0.05) is 12.2 Å². The average Bonchev–Trinajstić information content (AvgIpc) is 2.59. The van der Waals surface area contributed by atoms with Gasteiger partial charge in [0.1, 0.15) is 6.04 Å². The summed E-state index contributed by atoms with van der Waals surface area (Å²) in [6, 6.07) is 15.5. The number of piperidine rings is 1. The first-order valence-corrected chi connectivity index (χ1v) is 8.90. The highest BCUT2D eigenvalue weighted by molar-refractivity contribution is 5.96. The Morgan fingerprint density at radius 3 is 2.68 bits per heavy atom. The molecule has 0 spiro atoms. The highest BCUT2D eigenvalue weighted by Crippen LogP contribution is 2.27. The lowest BCUT2D eigenvalue weighted by Gasteiger charge is -2.36. The van der Waals surface area contributed by atoms with Crippen molar-refractivity contribution in [3.8, 4) is 0 Å². The molecular formula is C21H26N2O2. The Balaban J connectivity index is 1.88. The van der Waals surface area contributed by atoms with E-state index in [0.29, 0.717) is 6.54 Å². The van der Waals surface area contributed by atoms with Gasteiger partial charge >= 0.3 is 0 Å². The summed E-state index contributed by atoms with van der Waals surface area (Å²) in [6.07, 6.45) is 1.34. The van der Waals surface area contributed by atoms with Gasteiger partial charge in [0.15, 0.2) is 0 Å². The molecule has 3 rings (SSSR count). The molecule has 4 heteroatoms.